The average molecular weight is 270 g/mol. The fourth-order valence-electron chi connectivity index (χ4n) is 4.00. The second kappa shape index (κ2) is 3.79. The van der Waals surface area contributed by atoms with E-state index in [0.717, 1.165) is 17.8 Å². The summed E-state index contributed by atoms with van der Waals surface area (Å²) in [5.41, 5.74) is 6.39. The summed E-state index contributed by atoms with van der Waals surface area (Å²) in [6.07, 6.45) is 4.90. The van der Waals surface area contributed by atoms with Crippen LogP contribution in [-0.4, -0.2) is 9.97 Å². The van der Waals surface area contributed by atoms with E-state index >= 15 is 0 Å². The van der Waals surface area contributed by atoms with Gasteiger partial charge in [0.15, 0.2) is 0 Å². The van der Waals surface area contributed by atoms with Crippen LogP contribution >= 0.6 is 0 Å². The van der Waals surface area contributed by atoms with Crippen molar-refractivity contribution in [3.8, 4) is 11.4 Å². The van der Waals surface area contributed by atoms with Gasteiger partial charge >= 0.3 is 0 Å². The first kappa shape index (κ1) is 11.2. The quantitative estimate of drug-likeness (QED) is 0.669. The molecule has 2 aromatic heterocycles. The Hall–Kier alpha value is -2.48. The molecule has 0 amide bonds. The van der Waals surface area contributed by atoms with E-state index in [-0.39, 0.29) is 5.41 Å². The molecular weight excluding hydrogens is 256 g/mol. The van der Waals surface area contributed by atoms with Gasteiger partial charge in [-0.15, -0.1) is 0 Å². The fourth-order valence-corrected chi connectivity index (χ4v) is 4.00. The zero-order chi connectivity index (χ0) is 13.9. The number of pyridine rings is 2. The summed E-state index contributed by atoms with van der Waals surface area (Å²) >= 11 is 0. The Morgan fingerprint density at radius 3 is 2.00 bits per heavy atom. The average Bonchev–Trinajstić information content (AvgIpc) is 3.25. The molecule has 1 spiro atoms. The van der Waals surface area contributed by atoms with Crippen molar-refractivity contribution in [3.63, 3.8) is 0 Å². The molecule has 2 heteroatoms. The van der Waals surface area contributed by atoms with Crippen LogP contribution in [0, 0.1) is 0 Å². The summed E-state index contributed by atoms with van der Waals surface area (Å²) in [5, 5.41) is 0. The minimum absolute atomic E-state index is 0.106. The van der Waals surface area contributed by atoms with E-state index < -0.39 is 0 Å². The number of hydrogen-bond acceptors (Lipinski definition) is 2. The third-order valence-corrected chi connectivity index (χ3v) is 4.96. The summed E-state index contributed by atoms with van der Waals surface area (Å²) in [6, 6.07) is 19.4. The predicted octanol–water partition coefficient (Wildman–Crippen LogP) is 3.93. The third-order valence-electron chi connectivity index (χ3n) is 4.96. The Kier molecular flexibility index (Phi) is 2.02. The van der Waals surface area contributed by atoms with Crippen LogP contribution in [0.2, 0.25) is 0 Å². The molecule has 3 aromatic rings. The number of nitrogens with zero attached hydrogens (tertiary/aromatic N) is 2. The summed E-state index contributed by atoms with van der Waals surface area (Å²) in [7, 11) is 0. The SMILES string of the molecule is c1ccc(C2CC23c2cccnc2-c2ncccc23)cc1. The van der Waals surface area contributed by atoms with Gasteiger partial charge in [0, 0.05) is 17.8 Å². The largest absolute Gasteiger partial charge is 0.254 e. The molecule has 2 aliphatic carbocycles. The van der Waals surface area contributed by atoms with Crippen LogP contribution in [-0.2, 0) is 5.41 Å². The molecular formula is C19H14N2. The molecule has 21 heavy (non-hydrogen) atoms. The summed E-state index contributed by atoms with van der Waals surface area (Å²) in [5.74, 6) is 0.548. The zero-order valence-electron chi connectivity index (χ0n) is 11.5. The number of aromatic nitrogens is 2. The third kappa shape index (κ3) is 1.32. The molecule has 1 atom stereocenters. The second-order valence-electron chi connectivity index (χ2n) is 5.94. The lowest BCUT2D eigenvalue weighted by Gasteiger charge is -2.13. The summed E-state index contributed by atoms with van der Waals surface area (Å²) < 4.78 is 0. The molecule has 1 saturated carbocycles. The first-order valence-electron chi connectivity index (χ1n) is 7.37. The van der Waals surface area contributed by atoms with Crippen LogP contribution in [0.3, 0.4) is 0 Å². The van der Waals surface area contributed by atoms with Gasteiger partial charge in [-0.1, -0.05) is 42.5 Å². The van der Waals surface area contributed by atoms with Gasteiger partial charge in [-0.25, -0.2) is 0 Å². The number of hydrogen-bond donors (Lipinski definition) is 0. The Labute approximate surface area is 123 Å². The molecule has 0 N–H and O–H groups in total. The van der Waals surface area contributed by atoms with E-state index in [0.29, 0.717) is 5.92 Å². The molecule has 1 unspecified atom stereocenters. The first-order chi connectivity index (χ1) is 10.4. The standard InChI is InChI=1S/C19H14N2/c1-2-6-13(7-3-1)16-12-19(16)14-8-4-10-20-17(14)18-15(19)9-5-11-21-18/h1-11,16H,12H2. The van der Waals surface area contributed by atoms with Crippen molar-refractivity contribution in [2.24, 2.45) is 0 Å². The lowest BCUT2D eigenvalue weighted by Crippen LogP contribution is -2.07. The summed E-state index contributed by atoms with van der Waals surface area (Å²) in [6.45, 7) is 0. The highest BCUT2D eigenvalue weighted by molar-refractivity contribution is 5.79. The molecule has 0 radical (unpaired) electrons. The molecule has 2 heterocycles. The van der Waals surface area contributed by atoms with Gasteiger partial charge in [-0.3, -0.25) is 9.97 Å². The molecule has 1 aromatic carbocycles. The highest BCUT2D eigenvalue weighted by Gasteiger charge is 2.62. The van der Waals surface area contributed by atoms with E-state index in [1.807, 2.05) is 24.5 Å². The van der Waals surface area contributed by atoms with Crippen LogP contribution in [0.4, 0.5) is 0 Å². The van der Waals surface area contributed by atoms with E-state index in [1.54, 1.807) is 0 Å². The van der Waals surface area contributed by atoms with Crippen molar-refractivity contribution in [3.05, 3.63) is 83.7 Å². The topological polar surface area (TPSA) is 25.8 Å². The van der Waals surface area contributed by atoms with Crippen LogP contribution in [0.5, 0.6) is 0 Å². The zero-order valence-corrected chi connectivity index (χ0v) is 11.5. The van der Waals surface area contributed by atoms with Crippen molar-refractivity contribution in [1.29, 1.82) is 0 Å². The van der Waals surface area contributed by atoms with Crippen molar-refractivity contribution in [2.45, 2.75) is 17.8 Å². The van der Waals surface area contributed by atoms with Gasteiger partial charge in [-0.2, -0.15) is 0 Å². The fraction of sp³-hybridized carbons (Fsp3) is 0.158. The highest BCUT2D eigenvalue weighted by Crippen LogP contribution is 2.69. The van der Waals surface area contributed by atoms with Crippen LogP contribution < -0.4 is 0 Å². The Morgan fingerprint density at radius 1 is 0.762 bits per heavy atom. The monoisotopic (exact) mass is 270 g/mol. The van der Waals surface area contributed by atoms with Crippen LogP contribution in [0.1, 0.15) is 29.0 Å². The second-order valence-corrected chi connectivity index (χ2v) is 5.94. The Balaban J connectivity index is 1.75. The lowest BCUT2D eigenvalue weighted by molar-refractivity contribution is 0.825. The summed E-state index contributed by atoms with van der Waals surface area (Å²) in [4.78, 5) is 9.20. The molecule has 0 bridgehead atoms. The minimum Gasteiger partial charge on any atom is -0.254 e. The van der Waals surface area contributed by atoms with Gasteiger partial charge in [0.2, 0.25) is 0 Å². The van der Waals surface area contributed by atoms with E-state index in [9.17, 15) is 0 Å². The predicted molar refractivity (Wildman–Crippen MR) is 82.0 cm³/mol. The lowest BCUT2D eigenvalue weighted by atomic mass is 9.89. The molecule has 0 saturated heterocycles. The molecule has 0 aliphatic heterocycles. The van der Waals surface area contributed by atoms with E-state index in [2.05, 4.69) is 52.4 Å². The van der Waals surface area contributed by atoms with Gasteiger partial charge in [0.05, 0.1) is 11.4 Å². The Morgan fingerprint density at radius 2 is 1.38 bits per heavy atom. The Bertz CT molecular complexity index is 793. The smallest absolute Gasteiger partial charge is 0.0930 e. The maximum Gasteiger partial charge on any atom is 0.0930 e. The number of benzene rings is 1. The van der Waals surface area contributed by atoms with Crippen molar-refractivity contribution < 1.29 is 0 Å². The van der Waals surface area contributed by atoms with E-state index in [4.69, 9.17) is 0 Å². The maximum atomic E-state index is 4.60. The number of rotatable bonds is 1. The van der Waals surface area contributed by atoms with Crippen molar-refractivity contribution >= 4 is 0 Å². The van der Waals surface area contributed by atoms with Crippen molar-refractivity contribution in [2.75, 3.05) is 0 Å². The van der Waals surface area contributed by atoms with Crippen LogP contribution in [0.15, 0.2) is 67.0 Å². The van der Waals surface area contributed by atoms with E-state index in [1.165, 1.54) is 16.7 Å². The molecule has 2 nitrogen and oxygen atoms in total. The van der Waals surface area contributed by atoms with Crippen molar-refractivity contribution in [1.82, 2.24) is 9.97 Å². The minimum atomic E-state index is 0.106. The van der Waals surface area contributed by atoms with Gasteiger partial charge < -0.3 is 0 Å². The highest BCUT2D eigenvalue weighted by atomic mass is 14.8. The first-order valence-corrected chi connectivity index (χ1v) is 7.37. The molecule has 2 aliphatic rings. The molecule has 1 fully saturated rings. The van der Waals surface area contributed by atoms with Gasteiger partial charge in [-0.05, 0) is 41.2 Å². The van der Waals surface area contributed by atoms with Gasteiger partial charge in [0.1, 0.15) is 0 Å². The molecule has 5 rings (SSSR count). The number of fused-ring (bicyclic) bond motifs is 5. The van der Waals surface area contributed by atoms with Gasteiger partial charge in [0.25, 0.3) is 0 Å². The van der Waals surface area contributed by atoms with Crippen LogP contribution in [0.25, 0.3) is 11.4 Å². The normalized spacial score (nSPS) is 20.1. The maximum absolute atomic E-state index is 4.60. The molecule has 100 valence electrons.